The van der Waals surface area contributed by atoms with Crippen LogP contribution in [0.15, 0.2) is 53.1 Å². The normalized spacial score (nSPS) is 23.3. The molecule has 1 aromatic carbocycles. The van der Waals surface area contributed by atoms with E-state index in [0.29, 0.717) is 5.56 Å². The van der Waals surface area contributed by atoms with Gasteiger partial charge in [0.05, 0.1) is 6.26 Å². The van der Waals surface area contributed by atoms with E-state index in [9.17, 15) is 29.1 Å². The van der Waals surface area contributed by atoms with E-state index in [1.165, 1.54) is 35.1 Å². The third-order valence-corrected chi connectivity index (χ3v) is 7.19. The lowest BCUT2D eigenvalue weighted by molar-refractivity contribution is -0.161. The minimum atomic E-state index is -1.22. The quantitative estimate of drug-likeness (QED) is 0.442. The number of nitrogens with one attached hydrogen (secondary N) is 3. The summed E-state index contributed by atoms with van der Waals surface area (Å²) in [6, 6.07) is 7.06. The number of carboxylic acid groups (broad SMARTS) is 1. The maximum atomic E-state index is 13.2. The lowest BCUT2D eigenvalue weighted by atomic mass is 9.95. The Morgan fingerprint density at radius 3 is 2.44 bits per heavy atom. The van der Waals surface area contributed by atoms with Crippen LogP contribution in [0.1, 0.15) is 36.0 Å². The van der Waals surface area contributed by atoms with Crippen LogP contribution in [0.3, 0.4) is 0 Å². The number of hydrogen-bond acceptors (Lipinski definition) is 7. The molecule has 34 heavy (non-hydrogen) atoms. The van der Waals surface area contributed by atoms with Crippen molar-refractivity contribution in [2.75, 3.05) is 0 Å². The second-order valence-corrected chi connectivity index (χ2v) is 10.1. The van der Waals surface area contributed by atoms with E-state index in [-0.39, 0.29) is 5.76 Å². The molecular formula is C22H22N4O7S. The van der Waals surface area contributed by atoms with Crippen molar-refractivity contribution in [1.82, 2.24) is 20.9 Å². The van der Waals surface area contributed by atoms with Crippen molar-refractivity contribution in [1.29, 1.82) is 0 Å². The topological polar surface area (TPSA) is 158 Å². The Labute approximate surface area is 198 Å². The number of β-lactam (4-membered cyclic amide) rings is 1. The Morgan fingerprint density at radius 2 is 1.82 bits per heavy atom. The van der Waals surface area contributed by atoms with Gasteiger partial charge in [0.2, 0.25) is 11.8 Å². The molecule has 2 aliphatic rings. The zero-order chi connectivity index (χ0) is 24.6. The van der Waals surface area contributed by atoms with Gasteiger partial charge in [0.1, 0.15) is 23.5 Å². The van der Waals surface area contributed by atoms with E-state index in [2.05, 4.69) is 16.0 Å². The number of thioether (sulfide) groups is 1. The molecule has 2 aromatic rings. The number of rotatable bonds is 6. The van der Waals surface area contributed by atoms with Gasteiger partial charge < -0.3 is 25.1 Å². The van der Waals surface area contributed by atoms with Gasteiger partial charge >= 0.3 is 12.0 Å². The highest BCUT2D eigenvalue weighted by Gasteiger charge is 2.64. The van der Waals surface area contributed by atoms with Gasteiger partial charge in [-0.15, -0.1) is 11.8 Å². The van der Waals surface area contributed by atoms with Gasteiger partial charge in [-0.05, 0) is 31.5 Å². The average molecular weight is 487 g/mol. The molecule has 2 fully saturated rings. The zero-order valence-electron chi connectivity index (χ0n) is 18.2. The molecule has 1 aromatic heterocycles. The molecule has 2 saturated heterocycles. The maximum Gasteiger partial charge on any atom is 0.327 e. The van der Waals surface area contributed by atoms with Crippen molar-refractivity contribution >= 4 is 41.5 Å². The Balaban J connectivity index is 1.48. The molecule has 0 bridgehead atoms. The minimum absolute atomic E-state index is 0.0788. The van der Waals surface area contributed by atoms with Crippen LogP contribution in [0.4, 0.5) is 4.79 Å². The first-order valence-electron chi connectivity index (χ1n) is 10.3. The molecule has 0 saturated carbocycles. The fourth-order valence-corrected chi connectivity index (χ4v) is 5.69. The molecule has 0 aliphatic carbocycles. The first-order chi connectivity index (χ1) is 16.1. The Kier molecular flexibility index (Phi) is 6.09. The number of aliphatic carboxylic acids is 1. The van der Waals surface area contributed by atoms with Crippen molar-refractivity contribution < 1.29 is 33.5 Å². The monoisotopic (exact) mass is 486 g/mol. The van der Waals surface area contributed by atoms with E-state index < -0.39 is 58.0 Å². The van der Waals surface area contributed by atoms with E-state index in [0.717, 1.165) is 0 Å². The van der Waals surface area contributed by atoms with Crippen LogP contribution in [0, 0.1) is 0 Å². The summed E-state index contributed by atoms with van der Waals surface area (Å²) >= 11 is 1.29. The lowest BCUT2D eigenvalue weighted by Gasteiger charge is -2.44. The lowest BCUT2D eigenvalue weighted by Crippen LogP contribution is -2.71. The van der Waals surface area contributed by atoms with Crippen LogP contribution in [0.5, 0.6) is 0 Å². The van der Waals surface area contributed by atoms with Crippen LogP contribution < -0.4 is 16.0 Å². The molecule has 4 atom stereocenters. The predicted octanol–water partition coefficient (Wildman–Crippen LogP) is 1.09. The number of hydrogen-bond donors (Lipinski definition) is 4. The number of fused-ring (bicyclic) bond motifs is 1. The van der Waals surface area contributed by atoms with Crippen molar-refractivity contribution in [3.8, 4) is 0 Å². The summed E-state index contributed by atoms with van der Waals surface area (Å²) in [6.07, 6.45) is 1.28. The largest absolute Gasteiger partial charge is 0.480 e. The smallest absolute Gasteiger partial charge is 0.327 e. The van der Waals surface area contributed by atoms with Gasteiger partial charge in [-0.25, -0.2) is 9.59 Å². The molecule has 11 nitrogen and oxygen atoms in total. The number of carbonyl (C=O) groups excluding carboxylic acids is 4. The highest BCUT2D eigenvalue weighted by atomic mass is 32.2. The van der Waals surface area contributed by atoms with Crippen LogP contribution >= 0.6 is 11.8 Å². The molecule has 0 radical (unpaired) electrons. The Morgan fingerprint density at radius 1 is 1.12 bits per heavy atom. The van der Waals surface area contributed by atoms with Gasteiger partial charge in [-0.2, -0.15) is 0 Å². The van der Waals surface area contributed by atoms with Crippen LogP contribution in [-0.4, -0.2) is 61.9 Å². The summed E-state index contributed by atoms with van der Waals surface area (Å²) in [5, 5.41) is 16.2. The molecule has 4 unspecified atom stereocenters. The average Bonchev–Trinajstić information content (AvgIpc) is 3.41. The SMILES string of the molecule is CC1(C)SC2C(NC(=O)C(NC(=O)NC(=O)c3ccco3)c3ccccc3)C(=O)N2C1C(=O)O. The van der Waals surface area contributed by atoms with Gasteiger partial charge in [-0.3, -0.25) is 19.7 Å². The van der Waals surface area contributed by atoms with Crippen LogP contribution in [-0.2, 0) is 14.4 Å². The summed E-state index contributed by atoms with van der Waals surface area (Å²) in [6.45, 7) is 3.46. The molecule has 4 rings (SSSR count). The van der Waals surface area contributed by atoms with Crippen LogP contribution in [0.25, 0.3) is 0 Å². The summed E-state index contributed by atoms with van der Waals surface area (Å²) in [5.41, 5.74) is 0.423. The first kappa shape index (κ1) is 23.4. The first-order valence-corrected chi connectivity index (χ1v) is 11.2. The second-order valence-electron chi connectivity index (χ2n) is 8.33. The van der Waals surface area contributed by atoms with Gasteiger partial charge in [0.15, 0.2) is 5.76 Å². The highest BCUT2D eigenvalue weighted by molar-refractivity contribution is 8.01. The highest BCUT2D eigenvalue weighted by Crippen LogP contribution is 2.50. The molecular weight excluding hydrogens is 464 g/mol. The van der Waals surface area contributed by atoms with E-state index in [1.807, 2.05) is 0 Å². The van der Waals surface area contributed by atoms with E-state index in [4.69, 9.17) is 4.42 Å². The number of nitrogens with zero attached hydrogens (tertiary/aromatic N) is 1. The summed E-state index contributed by atoms with van der Waals surface area (Å²) in [5.74, 6) is -3.16. The molecule has 178 valence electrons. The third-order valence-electron chi connectivity index (χ3n) is 5.62. The van der Waals surface area contributed by atoms with Crippen molar-refractivity contribution in [3.63, 3.8) is 0 Å². The number of carbonyl (C=O) groups is 5. The number of benzene rings is 1. The summed E-state index contributed by atoms with van der Waals surface area (Å²) in [7, 11) is 0. The van der Waals surface area contributed by atoms with Crippen LogP contribution in [0.2, 0.25) is 0 Å². The van der Waals surface area contributed by atoms with Gasteiger partial charge in [-0.1, -0.05) is 30.3 Å². The fourth-order valence-electron chi connectivity index (χ4n) is 4.07. The minimum Gasteiger partial charge on any atom is -0.480 e. The standard InChI is InChI=1S/C22H22N4O7S/c1-22(2)15(20(30)31)26-18(29)14(19(26)34-22)23-17(28)13(11-7-4-3-5-8-11)24-21(32)25-16(27)12-9-6-10-33-12/h3-10,13-15,19H,1-2H3,(H,23,28)(H,30,31)(H2,24,25,27,32). The second kappa shape index (κ2) is 8.86. The van der Waals surface area contributed by atoms with E-state index in [1.54, 1.807) is 44.2 Å². The third kappa shape index (κ3) is 4.23. The Bertz CT molecular complexity index is 1140. The number of imide groups is 1. The summed E-state index contributed by atoms with van der Waals surface area (Å²) in [4.78, 5) is 63.4. The van der Waals surface area contributed by atoms with Gasteiger partial charge in [0.25, 0.3) is 5.91 Å². The predicted molar refractivity (Wildman–Crippen MR) is 120 cm³/mol. The maximum absolute atomic E-state index is 13.2. The van der Waals surface area contributed by atoms with Crippen molar-refractivity contribution in [2.24, 2.45) is 0 Å². The molecule has 5 amide bonds. The molecule has 0 spiro atoms. The summed E-state index contributed by atoms with van der Waals surface area (Å²) < 4.78 is 4.20. The fraction of sp³-hybridized carbons (Fsp3) is 0.318. The molecule has 3 heterocycles. The number of carboxylic acids is 1. The molecule has 12 heteroatoms. The Hall–Kier alpha value is -3.80. The van der Waals surface area contributed by atoms with Crippen molar-refractivity contribution in [2.45, 2.75) is 42.1 Å². The number of urea groups is 1. The van der Waals surface area contributed by atoms with E-state index >= 15 is 0 Å². The van der Waals surface area contributed by atoms with Crippen molar-refractivity contribution in [3.05, 3.63) is 60.1 Å². The molecule has 2 aliphatic heterocycles. The zero-order valence-corrected chi connectivity index (χ0v) is 19.0. The number of amides is 5. The number of furan rings is 1. The molecule has 4 N–H and O–H groups in total. The van der Waals surface area contributed by atoms with Gasteiger partial charge in [0, 0.05) is 4.75 Å².